The van der Waals surface area contributed by atoms with Crippen molar-refractivity contribution in [2.24, 2.45) is 5.73 Å². The maximum atomic E-state index is 13.9. The van der Waals surface area contributed by atoms with Gasteiger partial charge in [0, 0.05) is 49.1 Å². The largest absolute Gasteiger partial charge is 0.355 e. The van der Waals surface area contributed by atoms with Crippen LogP contribution in [0.25, 0.3) is 5.65 Å². The quantitative estimate of drug-likeness (QED) is 0.655. The number of aryl methyl sites for hydroxylation is 2. The topological polar surface area (TPSA) is 79.8 Å². The number of carbonyl (C=O) groups is 1. The fourth-order valence-corrected chi connectivity index (χ4v) is 5.00. The summed E-state index contributed by atoms with van der Waals surface area (Å²) in [6.07, 6.45) is 5.47. The lowest BCUT2D eigenvalue weighted by molar-refractivity contribution is 0.0604. The van der Waals surface area contributed by atoms with Crippen molar-refractivity contribution in [3.8, 4) is 0 Å². The number of nitrogens with two attached hydrogens (primary N) is 1. The molecule has 2 atom stereocenters. The standard InChI is InChI=1S/C24H28F2N6O/c1-14-9-18(25)19(26)10-17(14)24(33)31-7-4-3-5-21(31)20-11-22-28-23(15(2)12-32(22)29-20)30-8-6-16(27)13-30/h9-12,16,21H,3-8,13,27H2,1-2H3/t16-,21-/m0/s1. The summed E-state index contributed by atoms with van der Waals surface area (Å²) < 4.78 is 29.2. The summed E-state index contributed by atoms with van der Waals surface area (Å²) >= 11 is 0. The highest BCUT2D eigenvalue weighted by Gasteiger charge is 2.32. The molecule has 0 saturated carbocycles. The SMILES string of the molecule is Cc1cc(F)c(F)cc1C(=O)N1CCCC[C@H]1c1cc2nc(N3CC[C@H](N)C3)c(C)cn2n1. The first-order valence-electron chi connectivity index (χ1n) is 11.5. The number of halogens is 2. The van der Waals surface area contributed by atoms with Gasteiger partial charge in [-0.2, -0.15) is 5.10 Å². The van der Waals surface area contributed by atoms with E-state index in [1.807, 2.05) is 19.2 Å². The zero-order valence-corrected chi connectivity index (χ0v) is 18.9. The molecule has 0 aliphatic carbocycles. The van der Waals surface area contributed by atoms with Crippen molar-refractivity contribution >= 4 is 17.4 Å². The van der Waals surface area contributed by atoms with Crippen LogP contribution >= 0.6 is 0 Å². The molecule has 0 unspecified atom stereocenters. The lowest BCUT2D eigenvalue weighted by atomic mass is 9.97. The van der Waals surface area contributed by atoms with Gasteiger partial charge >= 0.3 is 0 Å². The molecule has 2 aromatic heterocycles. The summed E-state index contributed by atoms with van der Waals surface area (Å²) in [4.78, 5) is 22.1. The first-order valence-corrected chi connectivity index (χ1v) is 11.5. The van der Waals surface area contributed by atoms with Gasteiger partial charge in [-0.1, -0.05) is 0 Å². The molecule has 3 aromatic rings. The second-order valence-corrected chi connectivity index (χ2v) is 9.21. The smallest absolute Gasteiger partial charge is 0.254 e. The van der Waals surface area contributed by atoms with Gasteiger partial charge in [0.15, 0.2) is 17.3 Å². The van der Waals surface area contributed by atoms with Crippen molar-refractivity contribution in [2.75, 3.05) is 24.5 Å². The maximum Gasteiger partial charge on any atom is 0.254 e. The number of nitrogens with zero attached hydrogens (tertiary/aromatic N) is 5. The van der Waals surface area contributed by atoms with Gasteiger partial charge in [0.05, 0.1) is 11.7 Å². The van der Waals surface area contributed by atoms with Crippen LogP contribution in [-0.2, 0) is 0 Å². The Balaban J connectivity index is 1.48. The van der Waals surface area contributed by atoms with E-state index in [9.17, 15) is 13.6 Å². The van der Waals surface area contributed by atoms with Crippen molar-refractivity contribution in [1.29, 1.82) is 0 Å². The van der Waals surface area contributed by atoms with Crippen LogP contribution in [0.5, 0.6) is 0 Å². The van der Waals surface area contributed by atoms with E-state index in [0.717, 1.165) is 68.0 Å². The molecule has 2 aliphatic heterocycles. The van der Waals surface area contributed by atoms with Gasteiger partial charge in [0.25, 0.3) is 5.91 Å². The Morgan fingerprint density at radius 3 is 2.61 bits per heavy atom. The molecule has 1 amide bonds. The summed E-state index contributed by atoms with van der Waals surface area (Å²) in [7, 11) is 0. The van der Waals surface area contributed by atoms with Gasteiger partial charge in [0.2, 0.25) is 0 Å². The van der Waals surface area contributed by atoms with Crippen molar-refractivity contribution in [3.63, 3.8) is 0 Å². The summed E-state index contributed by atoms with van der Waals surface area (Å²) in [5, 5.41) is 4.74. The third-order valence-corrected chi connectivity index (χ3v) is 6.75. The van der Waals surface area contributed by atoms with Gasteiger partial charge in [-0.3, -0.25) is 4.79 Å². The zero-order chi connectivity index (χ0) is 23.3. The molecule has 0 spiro atoms. The van der Waals surface area contributed by atoms with Gasteiger partial charge in [-0.05, 0) is 57.2 Å². The van der Waals surface area contributed by atoms with Gasteiger partial charge in [-0.15, -0.1) is 0 Å². The molecule has 174 valence electrons. The van der Waals surface area contributed by atoms with Crippen LogP contribution < -0.4 is 10.6 Å². The van der Waals surface area contributed by atoms with Gasteiger partial charge < -0.3 is 15.5 Å². The summed E-state index contributed by atoms with van der Waals surface area (Å²) in [5.74, 6) is -1.35. The first-order chi connectivity index (χ1) is 15.8. The second kappa shape index (κ2) is 8.37. The molecule has 0 radical (unpaired) electrons. The molecule has 1 aromatic carbocycles. The third kappa shape index (κ3) is 3.94. The van der Waals surface area contributed by atoms with Crippen LogP contribution in [0.4, 0.5) is 14.6 Å². The molecule has 33 heavy (non-hydrogen) atoms. The molecule has 4 heterocycles. The molecule has 7 nitrogen and oxygen atoms in total. The molecular weight excluding hydrogens is 426 g/mol. The van der Waals surface area contributed by atoms with Crippen LogP contribution in [0, 0.1) is 25.5 Å². The van der Waals surface area contributed by atoms with E-state index in [1.165, 1.54) is 0 Å². The van der Waals surface area contributed by atoms with E-state index in [-0.39, 0.29) is 23.6 Å². The number of carbonyl (C=O) groups excluding carboxylic acids is 1. The van der Waals surface area contributed by atoms with Crippen LogP contribution in [0.1, 0.15) is 58.9 Å². The second-order valence-electron chi connectivity index (χ2n) is 9.21. The Morgan fingerprint density at radius 1 is 1.06 bits per heavy atom. The Bertz CT molecular complexity index is 1230. The average Bonchev–Trinajstić information content (AvgIpc) is 3.40. The molecular formula is C24H28F2N6O. The van der Waals surface area contributed by atoms with Crippen LogP contribution in [-0.4, -0.2) is 51.1 Å². The molecule has 2 aliphatic rings. The monoisotopic (exact) mass is 454 g/mol. The van der Waals surface area contributed by atoms with E-state index in [4.69, 9.17) is 15.8 Å². The van der Waals surface area contributed by atoms with Gasteiger partial charge in [0.1, 0.15) is 5.82 Å². The number of aromatic nitrogens is 3. The Kier molecular flexibility index (Phi) is 5.52. The summed E-state index contributed by atoms with van der Waals surface area (Å²) in [6.45, 7) is 5.83. The number of benzene rings is 1. The van der Waals surface area contributed by atoms with Crippen molar-refractivity contribution < 1.29 is 13.6 Å². The molecule has 2 N–H and O–H groups in total. The van der Waals surface area contributed by atoms with Crippen molar-refractivity contribution in [3.05, 3.63) is 58.4 Å². The minimum absolute atomic E-state index is 0.157. The Morgan fingerprint density at radius 2 is 1.85 bits per heavy atom. The Labute approximate surface area is 191 Å². The number of likely N-dealkylation sites (tertiary alicyclic amines) is 1. The van der Waals surface area contributed by atoms with Crippen molar-refractivity contribution in [1.82, 2.24) is 19.5 Å². The molecule has 2 saturated heterocycles. The highest BCUT2D eigenvalue weighted by molar-refractivity contribution is 5.96. The van der Waals surface area contributed by atoms with E-state index < -0.39 is 11.6 Å². The van der Waals surface area contributed by atoms with Crippen molar-refractivity contribution in [2.45, 2.75) is 51.6 Å². The first kappa shape index (κ1) is 21.8. The molecule has 0 bridgehead atoms. The number of piperidine rings is 1. The van der Waals surface area contributed by atoms with E-state index in [0.29, 0.717) is 17.8 Å². The number of amides is 1. The molecule has 2 fully saturated rings. The highest BCUT2D eigenvalue weighted by Crippen LogP contribution is 2.33. The number of anilines is 1. The maximum absolute atomic E-state index is 13.9. The lowest BCUT2D eigenvalue weighted by Gasteiger charge is -2.35. The zero-order valence-electron chi connectivity index (χ0n) is 18.9. The van der Waals surface area contributed by atoms with E-state index in [1.54, 1.807) is 16.3 Å². The molecule has 5 rings (SSSR count). The third-order valence-electron chi connectivity index (χ3n) is 6.75. The van der Waals surface area contributed by atoms with E-state index in [2.05, 4.69) is 4.90 Å². The average molecular weight is 455 g/mol. The van der Waals surface area contributed by atoms with Crippen LogP contribution in [0.15, 0.2) is 24.4 Å². The predicted molar refractivity (Wildman–Crippen MR) is 121 cm³/mol. The Hall–Kier alpha value is -3.07. The fraction of sp³-hybridized carbons (Fsp3) is 0.458. The number of hydrogen-bond acceptors (Lipinski definition) is 5. The van der Waals surface area contributed by atoms with Crippen LogP contribution in [0.3, 0.4) is 0 Å². The van der Waals surface area contributed by atoms with Crippen LogP contribution in [0.2, 0.25) is 0 Å². The number of hydrogen-bond donors (Lipinski definition) is 1. The van der Waals surface area contributed by atoms with E-state index >= 15 is 0 Å². The van der Waals surface area contributed by atoms with Gasteiger partial charge in [-0.25, -0.2) is 18.3 Å². The predicted octanol–water partition coefficient (Wildman–Crippen LogP) is 3.53. The fourth-order valence-electron chi connectivity index (χ4n) is 5.00. The number of fused-ring (bicyclic) bond motifs is 1. The summed E-state index contributed by atoms with van der Waals surface area (Å²) in [6, 6.07) is 3.91. The minimum Gasteiger partial charge on any atom is -0.355 e. The molecule has 9 heteroatoms. The number of rotatable bonds is 3. The minimum atomic E-state index is -1.01. The normalized spacial score (nSPS) is 21.2. The lowest BCUT2D eigenvalue weighted by Crippen LogP contribution is -2.39. The highest BCUT2D eigenvalue weighted by atomic mass is 19.2. The summed E-state index contributed by atoms with van der Waals surface area (Å²) in [5.41, 5.74) is 9.17.